The van der Waals surface area contributed by atoms with Gasteiger partial charge in [-0.05, 0) is 27.2 Å². The summed E-state index contributed by atoms with van der Waals surface area (Å²) in [5.41, 5.74) is -0.545. The van der Waals surface area contributed by atoms with Gasteiger partial charge in [0.05, 0.1) is 18.8 Å². The smallest absolute Gasteiger partial charge is 0.379 e. The Kier molecular flexibility index (Phi) is 4.09. The molecule has 0 saturated carbocycles. The highest BCUT2D eigenvalue weighted by molar-refractivity contribution is 5.78. The lowest BCUT2D eigenvalue weighted by molar-refractivity contribution is -0.193. The number of alkyl halides is 2. The molecule has 0 radical (unpaired) electrons. The monoisotopic (exact) mass is 252 g/mol. The maximum absolute atomic E-state index is 13.5. The summed E-state index contributed by atoms with van der Waals surface area (Å²) in [5, 5.41) is 9.58. The van der Waals surface area contributed by atoms with E-state index in [1.54, 1.807) is 13.8 Å². The van der Waals surface area contributed by atoms with Crippen molar-refractivity contribution < 1.29 is 28.2 Å². The third kappa shape index (κ3) is 3.13. The van der Waals surface area contributed by atoms with E-state index in [2.05, 4.69) is 4.74 Å². The van der Waals surface area contributed by atoms with Crippen LogP contribution in [-0.2, 0) is 14.3 Å². The van der Waals surface area contributed by atoms with Gasteiger partial charge in [-0.1, -0.05) is 0 Å². The van der Waals surface area contributed by atoms with Gasteiger partial charge < -0.3 is 14.6 Å². The van der Waals surface area contributed by atoms with Crippen molar-refractivity contribution in [2.24, 2.45) is 5.92 Å². The lowest BCUT2D eigenvalue weighted by atomic mass is 9.90. The maximum atomic E-state index is 13.5. The Morgan fingerprint density at radius 1 is 1.65 bits per heavy atom. The van der Waals surface area contributed by atoms with Gasteiger partial charge in [-0.15, -0.1) is 0 Å². The third-order valence-corrected chi connectivity index (χ3v) is 2.81. The molecule has 1 N–H and O–H groups in total. The number of hydrogen-bond donors (Lipinski definition) is 1. The molecule has 0 aromatic rings. The quantitative estimate of drug-likeness (QED) is 0.768. The Morgan fingerprint density at radius 2 is 2.24 bits per heavy atom. The van der Waals surface area contributed by atoms with Crippen LogP contribution in [0.5, 0.6) is 0 Å². The molecule has 1 fully saturated rings. The molecule has 0 aliphatic carbocycles. The first kappa shape index (κ1) is 14.3. The van der Waals surface area contributed by atoms with E-state index in [0.29, 0.717) is 0 Å². The zero-order chi connectivity index (χ0) is 13.3. The number of carbonyl (C=O) groups is 1. The van der Waals surface area contributed by atoms with Crippen molar-refractivity contribution >= 4 is 5.97 Å². The highest BCUT2D eigenvalue weighted by Gasteiger charge is 2.53. The molecule has 0 aromatic heterocycles. The SMILES string of the molecule is CCOC(=O)C(F)(F)C(O)C1COC(C)(C)C1. The van der Waals surface area contributed by atoms with Crippen molar-refractivity contribution in [2.45, 2.75) is 44.8 Å². The van der Waals surface area contributed by atoms with Crippen LogP contribution in [0.15, 0.2) is 0 Å². The lowest BCUT2D eigenvalue weighted by Crippen LogP contribution is -2.47. The predicted octanol–water partition coefficient (Wildman–Crippen LogP) is 1.36. The maximum Gasteiger partial charge on any atom is 0.379 e. The van der Waals surface area contributed by atoms with E-state index in [1.165, 1.54) is 6.92 Å². The molecule has 2 atom stereocenters. The number of esters is 1. The molecule has 1 rings (SSSR count). The Bertz CT molecular complexity index is 291. The molecule has 1 aliphatic heterocycles. The third-order valence-electron chi connectivity index (χ3n) is 2.81. The number of aliphatic hydroxyl groups is 1. The zero-order valence-corrected chi connectivity index (χ0v) is 10.2. The fourth-order valence-corrected chi connectivity index (χ4v) is 1.93. The average Bonchev–Trinajstić information content (AvgIpc) is 2.58. The fraction of sp³-hybridized carbons (Fsp3) is 0.909. The van der Waals surface area contributed by atoms with Crippen LogP contribution in [-0.4, -0.2) is 41.9 Å². The van der Waals surface area contributed by atoms with Crippen LogP contribution in [0.3, 0.4) is 0 Å². The molecule has 1 saturated heterocycles. The summed E-state index contributed by atoms with van der Waals surface area (Å²) in [5.74, 6) is -6.33. The van der Waals surface area contributed by atoms with Gasteiger partial charge in [-0.2, -0.15) is 8.78 Å². The van der Waals surface area contributed by atoms with Crippen LogP contribution in [0.4, 0.5) is 8.78 Å². The Balaban J connectivity index is 2.69. The molecule has 0 amide bonds. The minimum absolute atomic E-state index is 0.0170. The van der Waals surface area contributed by atoms with Crippen LogP contribution >= 0.6 is 0 Å². The van der Waals surface area contributed by atoms with Gasteiger partial charge in [-0.25, -0.2) is 4.79 Å². The van der Waals surface area contributed by atoms with Crippen LogP contribution in [0, 0.1) is 5.92 Å². The summed E-state index contributed by atoms with van der Waals surface area (Å²) in [6.45, 7) is 4.81. The molecule has 2 unspecified atom stereocenters. The van der Waals surface area contributed by atoms with E-state index in [1.807, 2.05) is 0 Å². The van der Waals surface area contributed by atoms with E-state index in [-0.39, 0.29) is 19.6 Å². The van der Waals surface area contributed by atoms with Gasteiger partial charge in [0.2, 0.25) is 0 Å². The van der Waals surface area contributed by atoms with Crippen molar-refractivity contribution in [3.05, 3.63) is 0 Å². The zero-order valence-electron chi connectivity index (χ0n) is 10.2. The topological polar surface area (TPSA) is 55.8 Å². The minimum atomic E-state index is -3.88. The van der Waals surface area contributed by atoms with Gasteiger partial charge in [0.15, 0.2) is 0 Å². The molecule has 0 aromatic carbocycles. The summed E-state index contributed by atoms with van der Waals surface area (Å²) < 4.78 is 36.6. The van der Waals surface area contributed by atoms with Crippen molar-refractivity contribution in [3.8, 4) is 0 Å². The summed E-state index contributed by atoms with van der Waals surface area (Å²) in [4.78, 5) is 11.1. The van der Waals surface area contributed by atoms with E-state index in [4.69, 9.17) is 4.74 Å². The van der Waals surface area contributed by atoms with E-state index < -0.39 is 29.5 Å². The van der Waals surface area contributed by atoms with Gasteiger partial charge in [-0.3, -0.25) is 0 Å². The molecule has 17 heavy (non-hydrogen) atoms. The normalized spacial score (nSPS) is 25.6. The lowest BCUT2D eigenvalue weighted by Gasteiger charge is -2.25. The molecule has 0 spiro atoms. The number of carbonyl (C=O) groups excluding carboxylic acids is 1. The highest BCUT2D eigenvalue weighted by Crippen LogP contribution is 2.36. The molecular weight excluding hydrogens is 234 g/mol. The van der Waals surface area contributed by atoms with E-state index >= 15 is 0 Å². The molecule has 1 aliphatic rings. The number of ether oxygens (including phenoxy) is 2. The van der Waals surface area contributed by atoms with E-state index in [0.717, 1.165) is 0 Å². The van der Waals surface area contributed by atoms with Gasteiger partial charge in [0.1, 0.15) is 6.10 Å². The van der Waals surface area contributed by atoms with Crippen molar-refractivity contribution in [3.63, 3.8) is 0 Å². The molecule has 6 heteroatoms. The summed E-state index contributed by atoms with van der Waals surface area (Å²) in [7, 11) is 0. The molecule has 4 nitrogen and oxygen atoms in total. The van der Waals surface area contributed by atoms with Crippen LogP contribution < -0.4 is 0 Å². The molecule has 1 heterocycles. The van der Waals surface area contributed by atoms with Gasteiger partial charge in [0, 0.05) is 5.92 Å². The highest BCUT2D eigenvalue weighted by atomic mass is 19.3. The van der Waals surface area contributed by atoms with Crippen molar-refractivity contribution in [1.29, 1.82) is 0 Å². The molecule has 0 bridgehead atoms. The first-order valence-electron chi connectivity index (χ1n) is 5.58. The first-order valence-corrected chi connectivity index (χ1v) is 5.58. The van der Waals surface area contributed by atoms with E-state index in [9.17, 15) is 18.7 Å². The van der Waals surface area contributed by atoms with Crippen LogP contribution in [0.25, 0.3) is 0 Å². The number of rotatable bonds is 4. The van der Waals surface area contributed by atoms with Crippen LogP contribution in [0.2, 0.25) is 0 Å². The Labute approximate surface area is 98.9 Å². The average molecular weight is 252 g/mol. The molecular formula is C11H18F2O4. The van der Waals surface area contributed by atoms with Gasteiger partial charge in [0.25, 0.3) is 0 Å². The standard InChI is InChI=1S/C11H18F2O4/c1-4-16-9(15)11(12,13)8(14)7-5-10(2,3)17-6-7/h7-8,14H,4-6H2,1-3H3. The fourth-order valence-electron chi connectivity index (χ4n) is 1.93. The number of hydrogen-bond acceptors (Lipinski definition) is 4. The Morgan fingerprint density at radius 3 is 2.65 bits per heavy atom. The van der Waals surface area contributed by atoms with Crippen molar-refractivity contribution in [2.75, 3.05) is 13.2 Å². The summed E-state index contributed by atoms with van der Waals surface area (Å²) in [6, 6.07) is 0. The first-order chi connectivity index (χ1) is 7.70. The number of aliphatic hydroxyl groups excluding tert-OH is 1. The van der Waals surface area contributed by atoms with Crippen LogP contribution in [0.1, 0.15) is 27.2 Å². The summed E-state index contributed by atoms with van der Waals surface area (Å²) in [6.07, 6.45) is -1.79. The largest absolute Gasteiger partial charge is 0.461 e. The second-order valence-electron chi connectivity index (χ2n) is 4.82. The Hall–Kier alpha value is -0.750. The van der Waals surface area contributed by atoms with Crippen molar-refractivity contribution in [1.82, 2.24) is 0 Å². The second-order valence-corrected chi connectivity index (χ2v) is 4.82. The van der Waals surface area contributed by atoms with Gasteiger partial charge >= 0.3 is 11.9 Å². The molecule has 100 valence electrons. The number of halogens is 2. The predicted molar refractivity (Wildman–Crippen MR) is 55.7 cm³/mol. The minimum Gasteiger partial charge on any atom is -0.461 e. The summed E-state index contributed by atoms with van der Waals surface area (Å²) >= 11 is 0. The second kappa shape index (κ2) is 4.86.